The highest BCUT2D eigenvalue weighted by atomic mass is 32.2. The van der Waals surface area contributed by atoms with E-state index in [0.717, 1.165) is 19.5 Å². The van der Waals surface area contributed by atoms with Crippen LogP contribution in [0.15, 0.2) is 29.2 Å². The summed E-state index contributed by atoms with van der Waals surface area (Å²) in [4.78, 5) is 2.60. The lowest BCUT2D eigenvalue weighted by Crippen LogP contribution is -2.34. The molecule has 1 saturated heterocycles. The second-order valence-electron chi connectivity index (χ2n) is 4.95. The summed E-state index contributed by atoms with van der Waals surface area (Å²) in [6.45, 7) is 2.72. The van der Waals surface area contributed by atoms with E-state index in [4.69, 9.17) is 18.0 Å². The van der Waals surface area contributed by atoms with Crippen LogP contribution >= 0.6 is 12.2 Å². The Morgan fingerprint density at radius 3 is 2.70 bits per heavy atom. The topological polar surface area (TPSA) is 66.6 Å². The summed E-state index contributed by atoms with van der Waals surface area (Å²) in [5.41, 5.74) is 6.14. The van der Waals surface area contributed by atoms with E-state index in [2.05, 4.69) is 4.90 Å². The number of thiocarbonyl (C=S) groups is 1. The molecule has 110 valence electrons. The Hall–Kier alpha value is -1.02. The van der Waals surface area contributed by atoms with E-state index in [-0.39, 0.29) is 9.88 Å². The van der Waals surface area contributed by atoms with Gasteiger partial charge in [-0.1, -0.05) is 24.4 Å². The van der Waals surface area contributed by atoms with Crippen molar-refractivity contribution in [2.45, 2.75) is 11.3 Å². The van der Waals surface area contributed by atoms with E-state index < -0.39 is 10.0 Å². The Labute approximate surface area is 125 Å². The van der Waals surface area contributed by atoms with Crippen molar-refractivity contribution < 1.29 is 8.42 Å². The van der Waals surface area contributed by atoms with Gasteiger partial charge in [0.25, 0.3) is 0 Å². The second kappa shape index (κ2) is 6.17. The summed E-state index contributed by atoms with van der Waals surface area (Å²) in [6, 6.07) is 6.53. The molecule has 0 radical (unpaired) electrons. The molecule has 0 atom stereocenters. The number of nitrogens with two attached hydrogens (primary N) is 1. The molecule has 2 N–H and O–H groups in total. The highest BCUT2D eigenvalue weighted by molar-refractivity contribution is 7.89. The van der Waals surface area contributed by atoms with Crippen molar-refractivity contribution in [1.29, 1.82) is 0 Å². The van der Waals surface area contributed by atoms with E-state index in [1.807, 2.05) is 7.05 Å². The van der Waals surface area contributed by atoms with Gasteiger partial charge in [-0.3, -0.25) is 0 Å². The first-order valence-electron chi connectivity index (χ1n) is 6.50. The fourth-order valence-electron chi connectivity index (χ4n) is 2.22. The van der Waals surface area contributed by atoms with Crippen LogP contribution in [0.5, 0.6) is 0 Å². The summed E-state index contributed by atoms with van der Waals surface area (Å²) in [7, 11) is -1.47. The van der Waals surface area contributed by atoms with Crippen molar-refractivity contribution in [2.24, 2.45) is 5.73 Å². The van der Waals surface area contributed by atoms with Crippen LogP contribution in [0.25, 0.3) is 0 Å². The van der Waals surface area contributed by atoms with E-state index in [0.29, 0.717) is 18.7 Å². The summed E-state index contributed by atoms with van der Waals surface area (Å²) in [5.74, 6) is 0. The van der Waals surface area contributed by atoms with Crippen LogP contribution in [0.3, 0.4) is 0 Å². The third-order valence-electron chi connectivity index (χ3n) is 3.43. The van der Waals surface area contributed by atoms with Crippen LogP contribution in [0.1, 0.15) is 12.0 Å². The summed E-state index contributed by atoms with van der Waals surface area (Å²) < 4.78 is 26.8. The molecular formula is C13H19N3O2S2. The van der Waals surface area contributed by atoms with E-state index in [1.165, 1.54) is 4.31 Å². The molecule has 1 aliphatic heterocycles. The lowest BCUT2D eigenvalue weighted by molar-refractivity contribution is 0.347. The molecule has 5 nitrogen and oxygen atoms in total. The van der Waals surface area contributed by atoms with Gasteiger partial charge < -0.3 is 10.6 Å². The first kappa shape index (κ1) is 15.4. The molecule has 1 aromatic carbocycles. The van der Waals surface area contributed by atoms with Gasteiger partial charge in [0.1, 0.15) is 4.99 Å². The Balaban J connectivity index is 2.29. The lowest BCUT2D eigenvalue weighted by atomic mass is 10.2. The normalized spacial score (nSPS) is 18.6. The monoisotopic (exact) mass is 313 g/mol. The summed E-state index contributed by atoms with van der Waals surface area (Å²) >= 11 is 4.90. The number of rotatable bonds is 3. The number of benzene rings is 1. The molecule has 1 fully saturated rings. The molecule has 7 heteroatoms. The largest absolute Gasteiger partial charge is 0.389 e. The summed E-state index contributed by atoms with van der Waals surface area (Å²) in [5, 5.41) is 0. The minimum absolute atomic E-state index is 0.206. The molecule has 1 aromatic rings. The average Bonchev–Trinajstić information content (AvgIpc) is 2.64. The summed E-state index contributed by atoms with van der Waals surface area (Å²) in [6.07, 6.45) is 0.838. The molecule has 0 saturated carbocycles. The zero-order valence-corrected chi connectivity index (χ0v) is 13.1. The van der Waals surface area contributed by atoms with Gasteiger partial charge in [-0.15, -0.1) is 0 Å². The van der Waals surface area contributed by atoms with Crippen LogP contribution in [0, 0.1) is 0 Å². The smallest absolute Gasteiger partial charge is 0.243 e. The molecule has 20 heavy (non-hydrogen) atoms. The van der Waals surface area contributed by atoms with Crippen molar-refractivity contribution in [2.75, 3.05) is 33.2 Å². The van der Waals surface area contributed by atoms with Gasteiger partial charge >= 0.3 is 0 Å². The molecular weight excluding hydrogens is 294 g/mol. The average molecular weight is 313 g/mol. The third-order valence-corrected chi connectivity index (χ3v) is 5.57. The van der Waals surface area contributed by atoms with Gasteiger partial charge in [-0.2, -0.15) is 4.31 Å². The SMILES string of the molecule is CN1CCCN(S(=O)(=O)c2cccc(C(N)=S)c2)CC1. The fraction of sp³-hybridized carbons (Fsp3) is 0.462. The minimum Gasteiger partial charge on any atom is -0.389 e. The quantitative estimate of drug-likeness (QED) is 0.830. The van der Waals surface area contributed by atoms with E-state index in [1.54, 1.807) is 24.3 Å². The Morgan fingerprint density at radius 2 is 2.00 bits per heavy atom. The number of sulfonamides is 1. The maximum atomic E-state index is 12.6. The zero-order chi connectivity index (χ0) is 14.8. The van der Waals surface area contributed by atoms with Crippen molar-refractivity contribution >= 4 is 27.2 Å². The first-order valence-corrected chi connectivity index (χ1v) is 8.34. The van der Waals surface area contributed by atoms with Gasteiger partial charge in [0.15, 0.2) is 0 Å². The molecule has 2 rings (SSSR count). The maximum Gasteiger partial charge on any atom is 0.243 e. The van der Waals surface area contributed by atoms with E-state index >= 15 is 0 Å². The Bertz CT molecular complexity index is 601. The molecule has 0 spiro atoms. The van der Waals surface area contributed by atoms with Crippen LogP contribution < -0.4 is 5.73 Å². The molecule has 0 aliphatic carbocycles. The predicted octanol–water partition coefficient (Wildman–Crippen LogP) is 0.647. The maximum absolute atomic E-state index is 12.6. The molecule has 0 aromatic heterocycles. The second-order valence-corrected chi connectivity index (χ2v) is 7.33. The standard InChI is InChI=1S/C13H19N3O2S2/c1-15-6-3-7-16(9-8-15)20(17,18)12-5-2-4-11(10-12)13(14)19/h2,4-5,10H,3,6-9H2,1H3,(H2,14,19). The van der Waals surface area contributed by atoms with Crippen LogP contribution in [-0.4, -0.2) is 55.8 Å². The number of hydrogen-bond donors (Lipinski definition) is 1. The van der Waals surface area contributed by atoms with Gasteiger partial charge in [0.2, 0.25) is 10.0 Å². The number of nitrogens with zero attached hydrogens (tertiary/aromatic N) is 2. The predicted molar refractivity (Wildman–Crippen MR) is 83.2 cm³/mol. The Kier molecular flexibility index (Phi) is 4.74. The minimum atomic E-state index is -3.47. The third kappa shape index (κ3) is 3.35. The van der Waals surface area contributed by atoms with Crippen molar-refractivity contribution in [3.63, 3.8) is 0 Å². The van der Waals surface area contributed by atoms with Gasteiger partial charge in [0, 0.05) is 25.2 Å². The molecule has 1 heterocycles. The van der Waals surface area contributed by atoms with Crippen molar-refractivity contribution in [3.05, 3.63) is 29.8 Å². The number of hydrogen-bond acceptors (Lipinski definition) is 4. The Morgan fingerprint density at radius 1 is 1.25 bits per heavy atom. The van der Waals surface area contributed by atoms with E-state index in [9.17, 15) is 8.42 Å². The molecule has 0 bridgehead atoms. The first-order chi connectivity index (χ1) is 9.41. The van der Waals surface area contributed by atoms with Crippen LogP contribution in [0.4, 0.5) is 0 Å². The molecule has 1 aliphatic rings. The van der Waals surface area contributed by atoms with Crippen LogP contribution in [-0.2, 0) is 10.0 Å². The molecule has 0 unspecified atom stereocenters. The van der Waals surface area contributed by atoms with Crippen molar-refractivity contribution in [1.82, 2.24) is 9.21 Å². The highest BCUT2D eigenvalue weighted by Crippen LogP contribution is 2.18. The lowest BCUT2D eigenvalue weighted by Gasteiger charge is -2.20. The number of likely N-dealkylation sites (N-methyl/N-ethyl adjacent to an activating group) is 1. The zero-order valence-electron chi connectivity index (χ0n) is 11.4. The van der Waals surface area contributed by atoms with Gasteiger partial charge in [-0.05, 0) is 32.1 Å². The van der Waals surface area contributed by atoms with Gasteiger partial charge in [0.05, 0.1) is 4.90 Å². The highest BCUT2D eigenvalue weighted by Gasteiger charge is 2.26. The fourth-order valence-corrected chi connectivity index (χ4v) is 3.87. The molecule has 0 amide bonds. The van der Waals surface area contributed by atoms with Gasteiger partial charge in [-0.25, -0.2) is 8.42 Å². The van der Waals surface area contributed by atoms with Crippen LogP contribution in [0.2, 0.25) is 0 Å². The van der Waals surface area contributed by atoms with Crippen molar-refractivity contribution in [3.8, 4) is 0 Å².